The van der Waals surface area contributed by atoms with E-state index in [-0.39, 0.29) is 40.8 Å². The van der Waals surface area contributed by atoms with Crippen LogP contribution in [-0.4, -0.2) is 42.1 Å². The zero-order valence-electron chi connectivity index (χ0n) is 21.1. The van der Waals surface area contributed by atoms with Gasteiger partial charge < -0.3 is 10.1 Å². The largest absolute Gasteiger partial charge is 0.416 e. The minimum absolute atomic E-state index is 0.0300. The van der Waals surface area contributed by atoms with Crippen molar-refractivity contribution < 1.29 is 27.1 Å². The van der Waals surface area contributed by atoms with Gasteiger partial charge in [0.2, 0.25) is 0 Å². The van der Waals surface area contributed by atoms with Crippen LogP contribution in [0.3, 0.4) is 0 Å². The average Bonchev–Trinajstić information content (AvgIpc) is 2.87. The summed E-state index contributed by atoms with van der Waals surface area (Å²) in [5.41, 5.74) is -0.431. The van der Waals surface area contributed by atoms with E-state index < -0.39 is 17.3 Å². The number of hydrogen-bond acceptors (Lipinski definition) is 3. The van der Waals surface area contributed by atoms with E-state index in [0.717, 1.165) is 44.5 Å². The SMILES string of the molecule is CC(C)C1(C(=O)NCc2cc(Cl)cc(C(F)(F)F)c2)CCC(N2CCC(c3ccc(F)cc3)CC2)CO1. The van der Waals surface area contributed by atoms with Crippen molar-refractivity contribution in [2.24, 2.45) is 5.92 Å². The second kappa shape index (κ2) is 11.3. The molecule has 2 aromatic rings. The van der Waals surface area contributed by atoms with Crippen LogP contribution >= 0.6 is 11.6 Å². The second-order valence-corrected chi connectivity index (χ2v) is 10.9. The number of carbonyl (C=O) groups is 1. The number of halogens is 5. The minimum Gasteiger partial charge on any atom is -0.363 e. The highest BCUT2D eigenvalue weighted by atomic mass is 35.5. The lowest BCUT2D eigenvalue weighted by molar-refractivity contribution is -0.170. The molecule has 0 saturated carbocycles. The van der Waals surface area contributed by atoms with Gasteiger partial charge in [-0.1, -0.05) is 37.6 Å². The predicted octanol–water partition coefficient (Wildman–Crippen LogP) is 6.57. The summed E-state index contributed by atoms with van der Waals surface area (Å²) in [6.45, 7) is 6.02. The Kier molecular flexibility index (Phi) is 8.51. The number of likely N-dealkylation sites (tertiary alicyclic amines) is 1. The van der Waals surface area contributed by atoms with E-state index in [2.05, 4.69) is 10.2 Å². The summed E-state index contributed by atoms with van der Waals surface area (Å²) in [5.74, 6) is -0.240. The van der Waals surface area contributed by atoms with Gasteiger partial charge in [-0.3, -0.25) is 9.69 Å². The number of hydrogen-bond donors (Lipinski definition) is 1. The van der Waals surface area contributed by atoms with Crippen LogP contribution in [0.2, 0.25) is 5.02 Å². The molecule has 2 saturated heterocycles. The van der Waals surface area contributed by atoms with Gasteiger partial charge in [0.15, 0.2) is 0 Å². The van der Waals surface area contributed by atoms with Crippen molar-refractivity contribution in [3.8, 4) is 0 Å². The van der Waals surface area contributed by atoms with Gasteiger partial charge >= 0.3 is 6.18 Å². The Labute approximate surface area is 220 Å². The first-order valence-electron chi connectivity index (χ1n) is 12.8. The van der Waals surface area contributed by atoms with Crippen LogP contribution in [0.4, 0.5) is 17.6 Å². The fourth-order valence-electron chi connectivity index (χ4n) is 5.55. The molecule has 2 unspecified atom stereocenters. The van der Waals surface area contributed by atoms with Gasteiger partial charge in [0.05, 0.1) is 12.2 Å². The van der Waals surface area contributed by atoms with E-state index in [1.807, 2.05) is 26.0 Å². The van der Waals surface area contributed by atoms with Crippen molar-refractivity contribution in [2.75, 3.05) is 19.7 Å². The fraction of sp³-hybridized carbons (Fsp3) is 0.536. The van der Waals surface area contributed by atoms with Crippen LogP contribution in [0, 0.1) is 11.7 Å². The number of piperidine rings is 1. The van der Waals surface area contributed by atoms with Gasteiger partial charge in [-0.05, 0) is 92.1 Å². The number of carbonyl (C=O) groups excluding carboxylic acids is 1. The molecule has 1 N–H and O–H groups in total. The maximum absolute atomic E-state index is 13.3. The molecule has 2 fully saturated rings. The molecular weight excluding hydrogens is 508 g/mol. The van der Waals surface area contributed by atoms with Gasteiger partial charge in [-0.2, -0.15) is 13.2 Å². The topological polar surface area (TPSA) is 41.6 Å². The molecule has 0 bridgehead atoms. The number of nitrogens with zero attached hydrogens (tertiary/aromatic N) is 1. The van der Waals surface area contributed by atoms with Crippen LogP contribution < -0.4 is 5.32 Å². The number of ether oxygens (including phenoxy) is 1. The molecule has 4 rings (SSSR count). The monoisotopic (exact) mass is 540 g/mol. The summed E-state index contributed by atoms with van der Waals surface area (Å²) >= 11 is 5.88. The third-order valence-electron chi connectivity index (χ3n) is 7.82. The lowest BCUT2D eigenvalue weighted by atomic mass is 9.80. The molecule has 0 spiro atoms. The van der Waals surface area contributed by atoms with E-state index in [1.54, 1.807) is 0 Å². The van der Waals surface area contributed by atoms with Gasteiger partial charge in [-0.15, -0.1) is 0 Å². The van der Waals surface area contributed by atoms with E-state index in [1.165, 1.54) is 23.8 Å². The number of alkyl halides is 3. The fourth-order valence-corrected chi connectivity index (χ4v) is 5.80. The molecule has 4 nitrogen and oxygen atoms in total. The summed E-state index contributed by atoms with van der Waals surface area (Å²) in [6, 6.07) is 10.2. The Morgan fingerprint density at radius 3 is 2.38 bits per heavy atom. The molecule has 2 atom stereocenters. The van der Waals surface area contributed by atoms with Crippen LogP contribution in [0.15, 0.2) is 42.5 Å². The second-order valence-electron chi connectivity index (χ2n) is 10.4. The molecule has 0 radical (unpaired) electrons. The molecule has 1 amide bonds. The Bertz CT molecular complexity index is 1070. The maximum Gasteiger partial charge on any atom is 0.416 e. The maximum atomic E-state index is 13.3. The predicted molar refractivity (Wildman–Crippen MR) is 135 cm³/mol. The molecular formula is C28H33ClF4N2O2. The van der Waals surface area contributed by atoms with Crippen LogP contribution in [0.25, 0.3) is 0 Å². The summed E-state index contributed by atoms with van der Waals surface area (Å²) in [5, 5.41) is 2.76. The number of rotatable bonds is 6. The highest BCUT2D eigenvalue weighted by molar-refractivity contribution is 6.30. The molecule has 37 heavy (non-hydrogen) atoms. The summed E-state index contributed by atoms with van der Waals surface area (Å²) in [6.07, 6.45) is -1.22. The standard InChI is InChI=1S/C28H33ClF4N2O2/c1-18(2)27(26(36)34-16-19-13-22(28(31,32)33)15-23(29)14-19)10-7-25(17-37-27)35-11-8-21(9-12-35)20-3-5-24(30)6-4-20/h3-6,13-15,18,21,25H,7-12,16-17H2,1-2H3,(H,34,36). The first-order chi connectivity index (χ1) is 17.5. The molecule has 2 aliphatic rings. The van der Waals surface area contributed by atoms with Crippen molar-refractivity contribution in [3.63, 3.8) is 0 Å². The summed E-state index contributed by atoms with van der Waals surface area (Å²) < 4.78 is 58.9. The van der Waals surface area contributed by atoms with Crippen LogP contribution in [0.5, 0.6) is 0 Å². The third-order valence-corrected chi connectivity index (χ3v) is 8.04. The van der Waals surface area contributed by atoms with E-state index in [4.69, 9.17) is 16.3 Å². The smallest absolute Gasteiger partial charge is 0.363 e. The van der Waals surface area contributed by atoms with Gasteiger partial charge in [0, 0.05) is 17.6 Å². The third kappa shape index (κ3) is 6.47. The Hall–Kier alpha value is -2.16. The van der Waals surface area contributed by atoms with E-state index in [0.29, 0.717) is 18.9 Å². The molecule has 2 aliphatic heterocycles. The molecule has 9 heteroatoms. The molecule has 2 aromatic carbocycles. The lowest BCUT2D eigenvalue weighted by Crippen LogP contribution is -2.58. The van der Waals surface area contributed by atoms with Crippen molar-refractivity contribution in [1.29, 1.82) is 0 Å². The first-order valence-corrected chi connectivity index (χ1v) is 13.1. The Morgan fingerprint density at radius 1 is 1.14 bits per heavy atom. The van der Waals surface area contributed by atoms with Crippen LogP contribution in [-0.2, 0) is 22.3 Å². The van der Waals surface area contributed by atoms with Crippen molar-refractivity contribution in [3.05, 3.63) is 70.0 Å². The lowest BCUT2D eigenvalue weighted by Gasteiger charge is -2.46. The number of nitrogens with one attached hydrogen (secondary N) is 1. The Balaban J connectivity index is 1.33. The molecule has 0 aliphatic carbocycles. The Morgan fingerprint density at radius 2 is 1.81 bits per heavy atom. The molecule has 202 valence electrons. The molecule has 0 aromatic heterocycles. The van der Waals surface area contributed by atoms with Crippen molar-refractivity contribution in [2.45, 2.75) is 69.8 Å². The molecule has 2 heterocycles. The number of amides is 1. The summed E-state index contributed by atoms with van der Waals surface area (Å²) in [7, 11) is 0. The van der Waals surface area contributed by atoms with Gasteiger partial charge in [-0.25, -0.2) is 4.39 Å². The van der Waals surface area contributed by atoms with Crippen LogP contribution in [0.1, 0.15) is 62.1 Å². The first kappa shape index (κ1) is 27.9. The quantitative estimate of drug-likeness (QED) is 0.421. The summed E-state index contributed by atoms with van der Waals surface area (Å²) in [4.78, 5) is 15.7. The minimum atomic E-state index is -4.52. The normalized spacial score (nSPS) is 23.8. The zero-order valence-corrected chi connectivity index (χ0v) is 21.8. The van der Waals surface area contributed by atoms with Crippen molar-refractivity contribution in [1.82, 2.24) is 10.2 Å². The number of benzene rings is 2. The van der Waals surface area contributed by atoms with Gasteiger partial charge in [0.25, 0.3) is 5.91 Å². The van der Waals surface area contributed by atoms with Gasteiger partial charge in [0.1, 0.15) is 11.4 Å². The van der Waals surface area contributed by atoms with E-state index >= 15 is 0 Å². The van der Waals surface area contributed by atoms with Crippen molar-refractivity contribution >= 4 is 17.5 Å². The average molecular weight is 541 g/mol. The highest BCUT2D eigenvalue weighted by Crippen LogP contribution is 2.37. The van der Waals surface area contributed by atoms with E-state index in [9.17, 15) is 22.4 Å². The highest BCUT2D eigenvalue weighted by Gasteiger charge is 2.46. The zero-order chi connectivity index (χ0) is 26.8.